The maximum atomic E-state index is 13.1. The number of imidazole rings is 1. The van der Waals surface area contributed by atoms with E-state index in [9.17, 15) is 9.59 Å². The van der Waals surface area contributed by atoms with E-state index < -0.39 is 0 Å². The average Bonchev–Trinajstić information content (AvgIpc) is 3.31. The van der Waals surface area contributed by atoms with Crippen molar-refractivity contribution in [3.8, 4) is 0 Å². The molecule has 1 atom stereocenters. The summed E-state index contributed by atoms with van der Waals surface area (Å²) in [6.07, 6.45) is 7.72. The summed E-state index contributed by atoms with van der Waals surface area (Å²) in [7, 11) is 1.82. The lowest BCUT2D eigenvalue weighted by Gasteiger charge is -2.48. The third kappa shape index (κ3) is 3.68. The summed E-state index contributed by atoms with van der Waals surface area (Å²) in [5.41, 5.74) is 2.53. The van der Waals surface area contributed by atoms with Gasteiger partial charge in [-0.05, 0) is 32.3 Å². The number of likely N-dealkylation sites (tertiary alicyclic amines) is 2. The molecule has 2 aromatic rings. The van der Waals surface area contributed by atoms with Crippen molar-refractivity contribution in [1.82, 2.24) is 29.5 Å². The number of aromatic nitrogens is 4. The number of carbonyl (C=O) groups excluding carboxylic acids is 2. The van der Waals surface area contributed by atoms with Crippen molar-refractivity contribution in [3.63, 3.8) is 0 Å². The SMILES string of the molecule is Cc1cc(C(=O)N2CCC[C@@]3(CCC(=O)N(CCc4cnc[nH]4)C3)C2)n(C)n1. The van der Waals surface area contributed by atoms with Crippen molar-refractivity contribution in [3.05, 3.63) is 35.7 Å². The fourth-order valence-electron chi connectivity index (χ4n) is 4.67. The minimum absolute atomic E-state index is 0.00342. The van der Waals surface area contributed by atoms with Crippen molar-refractivity contribution in [2.45, 2.75) is 39.0 Å². The molecular formula is C20H28N6O2. The number of nitrogens with zero attached hydrogens (tertiary/aromatic N) is 5. The topological polar surface area (TPSA) is 87.1 Å². The highest BCUT2D eigenvalue weighted by Crippen LogP contribution is 2.39. The van der Waals surface area contributed by atoms with Gasteiger partial charge in [0.15, 0.2) is 0 Å². The Hall–Kier alpha value is -2.64. The van der Waals surface area contributed by atoms with Gasteiger partial charge in [-0.1, -0.05) is 0 Å². The minimum atomic E-state index is 0.00342. The standard InChI is InChI=1S/C20H28N6O2/c1-15-10-17(24(2)23-15)19(28)26-8-3-6-20(13-26)7-4-18(27)25(12-20)9-5-16-11-21-14-22-16/h10-11,14H,3-9,12-13H2,1-2H3,(H,21,22)/t20-/m0/s1. The summed E-state index contributed by atoms with van der Waals surface area (Å²) in [4.78, 5) is 36.6. The lowest BCUT2D eigenvalue weighted by atomic mass is 9.73. The van der Waals surface area contributed by atoms with E-state index in [0.29, 0.717) is 25.2 Å². The Labute approximate surface area is 164 Å². The summed E-state index contributed by atoms with van der Waals surface area (Å²) in [5.74, 6) is 0.263. The molecule has 2 fully saturated rings. The number of aromatic amines is 1. The molecule has 1 N–H and O–H groups in total. The Balaban J connectivity index is 1.45. The normalized spacial score (nSPS) is 22.9. The van der Waals surface area contributed by atoms with E-state index in [1.54, 1.807) is 17.2 Å². The van der Waals surface area contributed by atoms with E-state index in [2.05, 4.69) is 15.1 Å². The predicted octanol–water partition coefficient (Wildman–Crippen LogP) is 1.54. The highest BCUT2D eigenvalue weighted by molar-refractivity contribution is 5.92. The molecule has 4 rings (SSSR count). The second kappa shape index (κ2) is 7.41. The molecule has 2 aromatic heterocycles. The summed E-state index contributed by atoms with van der Waals surface area (Å²) in [6.45, 7) is 4.81. The number of rotatable bonds is 4. The minimum Gasteiger partial charge on any atom is -0.348 e. The fourth-order valence-corrected chi connectivity index (χ4v) is 4.67. The average molecular weight is 384 g/mol. The second-order valence-electron chi connectivity index (χ2n) is 8.27. The smallest absolute Gasteiger partial charge is 0.272 e. The molecule has 8 nitrogen and oxygen atoms in total. The highest BCUT2D eigenvalue weighted by Gasteiger charge is 2.43. The van der Waals surface area contributed by atoms with Crippen molar-refractivity contribution < 1.29 is 9.59 Å². The van der Waals surface area contributed by atoms with E-state index in [0.717, 1.165) is 50.2 Å². The number of piperidine rings is 2. The van der Waals surface area contributed by atoms with Gasteiger partial charge in [0, 0.05) is 63.4 Å². The fraction of sp³-hybridized carbons (Fsp3) is 0.600. The summed E-state index contributed by atoms with van der Waals surface area (Å²) >= 11 is 0. The zero-order valence-corrected chi connectivity index (χ0v) is 16.6. The Morgan fingerprint density at radius 2 is 2.18 bits per heavy atom. The zero-order valence-electron chi connectivity index (χ0n) is 16.6. The van der Waals surface area contributed by atoms with Gasteiger partial charge in [-0.25, -0.2) is 4.98 Å². The molecule has 0 aliphatic carbocycles. The van der Waals surface area contributed by atoms with Crippen LogP contribution >= 0.6 is 0 Å². The van der Waals surface area contributed by atoms with Gasteiger partial charge in [-0.3, -0.25) is 14.3 Å². The quantitative estimate of drug-likeness (QED) is 0.866. The maximum Gasteiger partial charge on any atom is 0.272 e. The van der Waals surface area contributed by atoms with Crippen LogP contribution in [-0.4, -0.2) is 67.5 Å². The molecule has 1 spiro atoms. The first kappa shape index (κ1) is 18.7. The molecule has 2 saturated heterocycles. The number of hydrogen-bond donors (Lipinski definition) is 1. The second-order valence-corrected chi connectivity index (χ2v) is 8.27. The molecular weight excluding hydrogens is 356 g/mol. The van der Waals surface area contributed by atoms with Gasteiger partial charge in [0.2, 0.25) is 5.91 Å². The van der Waals surface area contributed by atoms with Gasteiger partial charge in [0.05, 0.1) is 12.0 Å². The van der Waals surface area contributed by atoms with Crippen molar-refractivity contribution in [2.75, 3.05) is 26.2 Å². The van der Waals surface area contributed by atoms with E-state index in [4.69, 9.17) is 0 Å². The van der Waals surface area contributed by atoms with Crippen LogP contribution in [0.25, 0.3) is 0 Å². The summed E-state index contributed by atoms with van der Waals surface area (Å²) < 4.78 is 1.67. The first-order chi connectivity index (χ1) is 13.5. The number of nitrogens with one attached hydrogen (secondary N) is 1. The van der Waals surface area contributed by atoms with E-state index in [-0.39, 0.29) is 17.2 Å². The summed E-state index contributed by atoms with van der Waals surface area (Å²) in [6, 6.07) is 1.85. The highest BCUT2D eigenvalue weighted by atomic mass is 16.2. The monoisotopic (exact) mass is 384 g/mol. The predicted molar refractivity (Wildman–Crippen MR) is 104 cm³/mol. The van der Waals surface area contributed by atoms with Crippen LogP contribution in [0.3, 0.4) is 0 Å². The third-order valence-corrected chi connectivity index (χ3v) is 6.12. The molecule has 2 amide bonds. The van der Waals surface area contributed by atoms with Crippen molar-refractivity contribution in [2.24, 2.45) is 12.5 Å². The van der Waals surface area contributed by atoms with Gasteiger partial charge in [-0.2, -0.15) is 5.10 Å². The molecule has 150 valence electrons. The van der Waals surface area contributed by atoms with E-state index in [1.807, 2.05) is 29.8 Å². The lowest BCUT2D eigenvalue weighted by molar-refractivity contribution is -0.138. The van der Waals surface area contributed by atoms with Gasteiger partial charge >= 0.3 is 0 Å². The molecule has 0 aromatic carbocycles. The first-order valence-electron chi connectivity index (χ1n) is 10.0. The van der Waals surface area contributed by atoms with Crippen LogP contribution < -0.4 is 0 Å². The van der Waals surface area contributed by atoms with Crippen LogP contribution in [0.1, 0.15) is 47.6 Å². The maximum absolute atomic E-state index is 13.1. The number of hydrogen-bond acceptors (Lipinski definition) is 4. The molecule has 28 heavy (non-hydrogen) atoms. The van der Waals surface area contributed by atoms with Crippen molar-refractivity contribution in [1.29, 1.82) is 0 Å². The Bertz CT molecular complexity index is 858. The molecule has 0 saturated carbocycles. The molecule has 0 radical (unpaired) electrons. The first-order valence-corrected chi connectivity index (χ1v) is 10.0. The molecule has 0 unspecified atom stereocenters. The lowest BCUT2D eigenvalue weighted by Crippen LogP contribution is -2.55. The van der Waals surface area contributed by atoms with Crippen LogP contribution in [0.4, 0.5) is 0 Å². The Morgan fingerprint density at radius 1 is 1.32 bits per heavy atom. The number of amides is 2. The summed E-state index contributed by atoms with van der Waals surface area (Å²) in [5, 5.41) is 4.31. The van der Waals surface area contributed by atoms with Crippen LogP contribution in [0.5, 0.6) is 0 Å². The zero-order chi connectivity index (χ0) is 19.7. The van der Waals surface area contributed by atoms with E-state index in [1.165, 1.54) is 0 Å². The van der Waals surface area contributed by atoms with Gasteiger partial charge in [0.1, 0.15) is 5.69 Å². The molecule has 2 aliphatic heterocycles. The molecule has 4 heterocycles. The molecule has 8 heteroatoms. The molecule has 0 bridgehead atoms. The van der Waals surface area contributed by atoms with Gasteiger partial charge in [-0.15, -0.1) is 0 Å². The number of carbonyl (C=O) groups is 2. The van der Waals surface area contributed by atoms with Crippen LogP contribution in [0.15, 0.2) is 18.6 Å². The number of H-pyrrole nitrogens is 1. The van der Waals surface area contributed by atoms with Crippen LogP contribution in [0, 0.1) is 12.3 Å². The van der Waals surface area contributed by atoms with Crippen LogP contribution in [-0.2, 0) is 18.3 Å². The Kier molecular flexibility index (Phi) is 4.95. The Morgan fingerprint density at radius 3 is 2.89 bits per heavy atom. The third-order valence-electron chi connectivity index (χ3n) is 6.12. The molecule has 2 aliphatic rings. The van der Waals surface area contributed by atoms with Gasteiger partial charge in [0.25, 0.3) is 5.91 Å². The van der Waals surface area contributed by atoms with Crippen LogP contribution in [0.2, 0.25) is 0 Å². The van der Waals surface area contributed by atoms with Gasteiger partial charge < -0.3 is 14.8 Å². The largest absolute Gasteiger partial charge is 0.348 e. The number of aryl methyl sites for hydroxylation is 2. The van der Waals surface area contributed by atoms with Crippen molar-refractivity contribution >= 4 is 11.8 Å². The van der Waals surface area contributed by atoms with E-state index >= 15 is 0 Å².